The summed E-state index contributed by atoms with van der Waals surface area (Å²) < 4.78 is 2.14. The lowest BCUT2D eigenvalue weighted by atomic mass is 9.88. The van der Waals surface area contributed by atoms with Crippen LogP contribution in [0.1, 0.15) is 50.3 Å². The molecule has 1 aromatic heterocycles. The summed E-state index contributed by atoms with van der Waals surface area (Å²) in [5, 5.41) is 11.8. The Morgan fingerprint density at radius 3 is 2.54 bits per heavy atom. The van der Waals surface area contributed by atoms with Crippen molar-refractivity contribution in [3.05, 3.63) is 41.5 Å². The molecule has 1 aliphatic heterocycles. The molecule has 7 nitrogen and oxygen atoms in total. The molecule has 0 saturated heterocycles. The number of benzene rings is 1. The van der Waals surface area contributed by atoms with Gasteiger partial charge in [0, 0.05) is 36.5 Å². The molecule has 7 heteroatoms. The Morgan fingerprint density at radius 1 is 1.36 bits per heavy atom. The first-order valence-corrected chi connectivity index (χ1v) is 9.63. The Labute approximate surface area is 165 Å². The number of nitrogens with zero attached hydrogens (tertiary/aromatic N) is 4. The van der Waals surface area contributed by atoms with Crippen LogP contribution in [0.15, 0.2) is 24.4 Å². The molecule has 1 aromatic carbocycles. The molecule has 2 amide bonds. The van der Waals surface area contributed by atoms with E-state index < -0.39 is 6.09 Å². The van der Waals surface area contributed by atoms with Gasteiger partial charge in [0.15, 0.2) is 0 Å². The highest BCUT2D eigenvalue weighted by Gasteiger charge is 2.47. The van der Waals surface area contributed by atoms with Gasteiger partial charge in [-0.25, -0.2) is 14.3 Å². The van der Waals surface area contributed by atoms with Crippen molar-refractivity contribution < 1.29 is 14.7 Å². The standard InChI is InChI=1S/C21H28N4O3/c1-7-23(21(27)28)19-10-14(3)25(6,16(5)26)20-9-8-17(11-18(19)20)24-12-13(2)22-15(24)4/h8-9,11-12,14,19H,7,10H2,1-6H3/t14-,19+,25?/m0/s1. The Hall–Kier alpha value is -2.67. The molecule has 0 fully saturated rings. The molecule has 3 rings (SSSR count). The maximum atomic E-state index is 12.6. The predicted molar refractivity (Wildman–Crippen MR) is 106 cm³/mol. The van der Waals surface area contributed by atoms with Crippen molar-refractivity contribution >= 4 is 17.7 Å². The van der Waals surface area contributed by atoms with Gasteiger partial charge in [-0.05, 0) is 39.8 Å². The number of hydrogen-bond acceptors (Lipinski definition) is 4. The van der Waals surface area contributed by atoms with Crippen molar-refractivity contribution in [2.24, 2.45) is 0 Å². The van der Waals surface area contributed by atoms with Crippen molar-refractivity contribution in [3.8, 4) is 5.69 Å². The van der Waals surface area contributed by atoms with Gasteiger partial charge in [-0.2, -0.15) is 0 Å². The van der Waals surface area contributed by atoms with Crippen molar-refractivity contribution in [1.29, 1.82) is 0 Å². The summed E-state index contributed by atoms with van der Waals surface area (Å²) in [6, 6.07) is 5.51. The lowest BCUT2D eigenvalue weighted by Crippen LogP contribution is -2.60. The summed E-state index contributed by atoms with van der Waals surface area (Å²) in [6.45, 7) is 9.59. The minimum Gasteiger partial charge on any atom is -0.530 e. The van der Waals surface area contributed by atoms with Crippen LogP contribution in [0.4, 0.5) is 10.5 Å². The zero-order valence-corrected chi connectivity index (χ0v) is 17.4. The summed E-state index contributed by atoms with van der Waals surface area (Å²) in [7, 11) is 1.91. The van der Waals surface area contributed by atoms with Crippen molar-refractivity contribution in [2.45, 2.75) is 53.1 Å². The Bertz CT molecular complexity index is 936. The van der Waals surface area contributed by atoms with E-state index in [9.17, 15) is 14.7 Å². The number of carboxylic acid groups (broad SMARTS) is 1. The average molecular weight is 384 g/mol. The number of amides is 2. The highest BCUT2D eigenvalue weighted by atomic mass is 16.4. The fourth-order valence-corrected chi connectivity index (χ4v) is 4.41. The van der Waals surface area contributed by atoms with E-state index in [0.717, 1.165) is 28.5 Å². The Balaban J connectivity index is 2.24. The van der Waals surface area contributed by atoms with Crippen LogP contribution in [0.25, 0.3) is 5.69 Å². The number of rotatable bonds is 3. The lowest BCUT2D eigenvalue weighted by molar-refractivity contribution is -0.268. The molecule has 1 aliphatic rings. The van der Waals surface area contributed by atoms with E-state index in [-0.39, 0.29) is 22.5 Å². The van der Waals surface area contributed by atoms with E-state index in [2.05, 4.69) is 4.98 Å². The van der Waals surface area contributed by atoms with Crippen molar-refractivity contribution in [3.63, 3.8) is 0 Å². The third-order valence-electron chi connectivity index (χ3n) is 6.20. The SMILES string of the molecule is CCN(C(=O)[O-])[C@@H]1C[C@H](C)[N+](C)(C(C)=O)c2ccc(-n3cc(C)nc3C)cc21. The van der Waals surface area contributed by atoms with Crippen LogP contribution in [-0.4, -0.2) is 46.1 Å². The molecule has 0 saturated carbocycles. The van der Waals surface area contributed by atoms with Gasteiger partial charge in [0.2, 0.25) is 0 Å². The number of carbonyl (C=O) groups excluding carboxylic acids is 2. The monoisotopic (exact) mass is 384 g/mol. The lowest BCUT2D eigenvalue weighted by Gasteiger charge is -2.46. The number of hydrogen-bond donors (Lipinski definition) is 0. The van der Waals surface area contributed by atoms with Gasteiger partial charge in [-0.15, -0.1) is 0 Å². The fourth-order valence-electron chi connectivity index (χ4n) is 4.41. The van der Waals surface area contributed by atoms with E-state index in [0.29, 0.717) is 13.0 Å². The van der Waals surface area contributed by atoms with Crippen molar-refractivity contribution in [1.82, 2.24) is 18.9 Å². The van der Waals surface area contributed by atoms with Crippen LogP contribution < -0.4 is 9.59 Å². The van der Waals surface area contributed by atoms with Crippen LogP contribution in [0.3, 0.4) is 0 Å². The molecule has 0 spiro atoms. The average Bonchev–Trinajstić information content (AvgIpc) is 2.97. The van der Waals surface area contributed by atoms with Gasteiger partial charge in [-0.3, -0.25) is 0 Å². The van der Waals surface area contributed by atoms with Gasteiger partial charge >= 0.3 is 5.91 Å². The number of aromatic nitrogens is 2. The van der Waals surface area contributed by atoms with Crippen LogP contribution in [0, 0.1) is 13.8 Å². The highest BCUT2D eigenvalue weighted by Crippen LogP contribution is 2.44. The minimum absolute atomic E-state index is 0.0334. The molecular formula is C21H28N4O3. The van der Waals surface area contributed by atoms with E-state index in [1.165, 1.54) is 4.90 Å². The smallest absolute Gasteiger partial charge is 0.315 e. The summed E-state index contributed by atoms with van der Waals surface area (Å²) in [5.74, 6) is 0.889. The first-order chi connectivity index (χ1) is 13.1. The van der Waals surface area contributed by atoms with Crippen LogP contribution in [0.2, 0.25) is 0 Å². The fraction of sp³-hybridized carbons (Fsp3) is 0.476. The van der Waals surface area contributed by atoms with Gasteiger partial charge in [0.1, 0.15) is 17.6 Å². The predicted octanol–water partition coefficient (Wildman–Crippen LogP) is 2.47. The first kappa shape index (κ1) is 20.1. The molecule has 0 radical (unpaired) electrons. The number of fused-ring (bicyclic) bond motifs is 1. The van der Waals surface area contributed by atoms with Crippen molar-refractivity contribution in [2.75, 3.05) is 13.6 Å². The zero-order valence-electron chi connectivity index (χ0n) is 17.4. The normalized spacial score (nSPS) is 23.9. The molecule has 1 unspecified atom stereocenters. The highest BCUT2D eigenvalue weighted by molar-refractivity contribution is 5.88. The Kier molecular flexibility index (Phi) is 5.06. The second-order valence-electron chi connectivity index (χ2n) is 7.79. The molecule has 150 valence electrons. The molecular weight excluding hydrogens is 356 g/mol. The van der Waals surface area contributed by atoms with Crippen LogP contribution >= 0.6 is 0 Å². The molecule has 0 aliphatic carbocycles. The number of quaternary nitrogens is 1. The van der Waals surface area contributed by atoms with Gasteiger partial charge in [-0.1, -0.05) is 0 Å². The summed E-state index contributed by atoms with van der Waals surface area (Å²) in [4.78, 5) is 30.2. The van der Waals surface area contributed by atoms with E-state index in [1.807, 2.05) is 56.8 Å². The molecule has 3 atom stereocenters. The third-order valence-corrected chi connectivity index (χ3v) is 6.20. The van der Waals surface area contributed by atoms with E-state index >= 15 is 0 Å². The zero-order chi connectivity index (χ0) is 20.8. The number of imidazole rings is 1. The molecule has 2 aromatic rings. The van der Waals surface area contributed by atoms with Crippen LogP contribution in [0.5, 0.6) is 0 Å². The second kappa shape index (κ2) is 7.05. The molecule has 0 N–H and O–H groups in total. The topological polar surface area (TPSA) is 78.3 Å². The first-order valence-electron chi connectivity index (χ1n) is 9.63. The van der Waals surface area contributed by atoms with Crippen LogP contribution in [-0.2, 0) is 4.79 Å². The van der Waals surface area contributed by atoms with Gasteiger partial charge in [0.25, 0.3) is 0 Å². The second-order valence-corrected chi connectivity index (χ2v) is 7.79. The number of aryl methyl sites for hydroxylation is 2. The summed E-state index contributed by atoms with van der Waals surface area (Å²) in [5.41, 5.74) is 3.51. The molecule has 0 bridgehead atoms. The van der Waals surface area contributed by atoms with E-state index in [4.69, 9.17) is 0 Å². The summed E-state index contributed by atoms with van der Waals surface area (Å²) >= 11 is 0. The van der Waals surface area contributed by atoms with Gasteiger partial charge in [0.05, 0.1) is 31.7 Å². The third kappa shape index (κ3) is 2.99. The minimum atomic E-state index is -1.19. The van der Waals surface area contributed by atoms with Gasteiger partial charge < -0.3 is 19.4 Å². The number of carbonyl (C=O) groups is 2. The maximum Gasteiger partial charge on any atom is 0.315 e. The Morgan fingerprint density at radius 2 is 2.04 bits per heavy atom. The van der Waals surface area contributed by atoms with E-state index in [1.54, 1.807) is 13.8 Å². The molecule has 2 heterocycles. The largest absolute Gasteiger partial charge is 0.530 e. The maximum absolute atomic E-state index is 12.6. The molecule has 28 heavy (non-hydrogen) atoms. The quantitative estimate of drug-likeness (QED) is 0.762. The summed E-state index contributed by atoms with van der Waals surface area (Å²) in [6.07, 6.45) is 1.31.